The third-order valence-electron chi connectivity index (χ3n) is 4.58. The van der Waals surface area contributed by atoms with E-state index in [4.69, 9.17) is 5.11 Å². The molecule has 4 heteroatoms. The van der Waals surface area contributed by atoms with Crippen LogP contribution in [0.2, 0.25) is 0 Å². The Bertz CT molecular complexity index is 229. The summed E-state index contributed by atoms with van der Waals surface area (Å²) in [5.74, 6) is 0. The molecule has 106 valence electrons. The Labute approximate surface area is 112 Å². The molecule has 2 aliphatic rings. The molecule has 0 aromatic rings. The van der Waals surface area contributed by atoms with Crippen LogP contribution in [0.25, 0.3) is 0 Å². The molecule has 0 aromatic heterocycles. The minimum absolute atomic E-state index is 0.298. The molecule has 0 bridgehead atoms. The SMILES string of the molecule is CN1CCCCC1CCN1CCN(CCO)CC1. The van der Waals surface area contributed by atoms with E-state index in [2.05, 4.69) is 21.7 Å². The lowest BCUT2D eigenvalue weighted by Crippen LogP contribution is -2.48. The van der Waals surface area contributed by atoms with Crippen LogP contribution in [0.1, 0.15) is 25.7 Å². The zero-order valence-electron chi connectivity index (χ0n) is 11.9. The first-order valence-corrected chi connectivity index (χ1v) is 7.55. The number of aliphatic hydroxyl groups is 1. The summed E-state index contributed by atoms with van der Waals surface area (Å²) in [6, 6.07) is 0.814. The minimum atomic E-state index is 0.298. The first-order valence-electron chi connectivity index (χ1n) is 7.55. The standard InChI is InChI=1S/C14H29N3O/c1-15-6-3-2-4-14(15)5-7-16-8-10-17(11-9-16)12-13-18/h14,18H,2-13H2,1H3. The second-order valence-corrected chi connectivity index (χ2v) is 5.83. The topological polar surface area (TPSA) is 30.0 Å². The zero-order chi connectivity index (χ0) is 12.8. The first-order chi connectivity index (χ1) is 8.79. The molecule has 2 aliphatic heterocycles. The van der Waals surface area contributed by atoms with E-state index in [0.29, 0.717) is 6.61 Å². The van der Waals surface area contributed by atoms with Crippen molar-refractivity contribution in [2.24, 2.45) is 0 Å². The summed E-state index contributed by atoms with van der Waals surface area (Å²) >= 11 is 0. The van der Waals surface area contributed by atoms with Crippen LogP contribution in [0.5, 0.6) is 0 Å². The minimum Gasteiger partial charge on any atom is -0.395 e. The van der Waals surface area contributed by atoms with Gasteiger partial charge in [-0.05, 0) is 39.4 Å². The van der Waals surface area contributed by atoms with E-state index < -0.39 is 0 Å². The molecule has 4 nitrogen and oxygen atoms in total. The summed E-state index contributed by atoms with van der Waals surface area (Å²) < 4.78 is 0. The molecule has 2 heterocycles. The summed E-state index contributed by atoms with van der Waals surface area (Å²) in [5.41, 5.74) is 0. The van der Waals surface area contributed by atoms with Crippen LogP contribution >= 0.6 is 0 Å². The molecule has 1 unspecified atom stereocenters. The highest BCUT2D eigenvalue weighted by Gasteiger charge is 2.21. The Morgan fingerprint density at radius 3 is 2.22 bits per heavy atom. The summed E-state index contributed by atoms with van der Waals surface area (Å²) in [5, 5.41) is 8.93. The van der Waals surface area contributed by atoms with Gasteiger partial charge in [0.25, 0.3) is 0 Å². The van der Waals surface area contributed by atoms with Gasteiger partial charge in [-0.2, -0.15) is 0 Å². The Morgan fingerprint density at radius 1 is 0.944 bits per heavy atom. The van der Waals surface area contributed by atoms with Gasteiger partial charge in [-0.1, -0.05) is 6.42 Å². The maximum absolute atomic E-state index is 8.93. The van der Waals surface area contributed by atoms with Crippen molar-refractivity contribution >= 4 is 0 Å². The van der Waals surface area contributed by atoms with Crippen LogP contribution in [0, 0.1) is 0 Å². The van der Waals surface area contributed by atoms with Crippen LogP contribution in [-0.4, -0.2) is 85.3 Å². The Kier molecular flexibility index (Phi) is 5.89. The van der Waals surface area contributed by atoms with E-state index in [0.717, 1.165) is 25.7 Å². The normalized spacial score (nSPS) is 28.7. The van der Waals surface area contributed by atoms with Crippen molar-refractivity contribution < 1.29 is 5.11 Å². The van der Waals surface area contributed by atoms with Crippen LogP contribution in [-0.2, 0) is 0 Å². The maximum Gasteiger partial charge on any atom is 0.0558 e. The van der Waals surface area contributed by atoms with Crippen LogP contribution in [0.4, 0.5) is 0 Å². The number of likely N-dealkylation sites (tertiary alicyclic amines) is 1. The smallest absolute Gasteiger partial charge is 0.0558 e. The first kappa shape index (κ1) is 14.3. The third kappa shape index (κ3) is 4.19. The lowest BCUT2D eigenvalue weighted by molar-refractivity contribution is 0.0977. The number of hydrogen-bond acceptors (Lipinski definition) is 4. The van der Waals surface area contributed by atoms with Gasteiger partial charge in [0.05, 0.1) is 6.61 Å². The highest BCUT2D eigenvalue weighted by atomic mass is 16.3. The molecule has 1 N–H and O–H groups in total. The van der Waals surface area contributed by atoms with Crippen molar-refractivity contribution in [1.82, 2.24) is 14.7 Å². The van der Waals surface area contributed by atoms with Gasteiger partial charge in [-0.15, -0.1) is 0 Å². The van der Waals surface area contributed by atoms with Crippen LogP contribution in [0.15, 0.2) is 0 Å². The Morgan fingerprint density at radius 2 is 1.61 bits per heavy atom. The number of piperidine rings is 1. The molecular formula is C14H29N3O. The van der Waals surface area contributed by atoms with E-state index in [1.807, 2.05) is 0 Å². The number of β-amino-alcohol motifs (C(OH)–C–C–N with tert-alkyl or cyclic N) is 1. The van der Waals surface area contributed by atoms with Crippen molar-refractivity contribution in [3.63, 3.8) is 0 Å². The molecule has 0 amide bonds. The fourth-order valence-corrected chi connectivity index (χ4v) is 3.22. The van der Waals surface area contributed by atoms with Crippen molar-refractivity contribution in [2.75, 3.05) is 59.5 Å². The second-order valence-electron chi connectivity index (χ2n) is 5.83. The largest absolute Gasteiger partial charge is 0.395 e. The summed E-state index contributed by atoms with van der Waals surface area (Å²) in [7, 11) is 2.28. The fraction of sp³-hybridized carbons (Fsp3) is 1.00. The molecule has 2 saturated heterocycles. The highest BCUT2D eigenvalue weighted by Crippen LogP contribution is 2.18. The summed E-state index contributed by atoms with van der Waals surface area (Å²) in [6.07, 6.45) is 5.52. The number of aliphatic hydroxyl groups excluding tert-OH is 1. The molecule has 0 radical (unpaired) electrons. The predicted octanol–water partition coefficient (Wildman–Crippen LogP) is 0.471. The number of hydrogen-bond donors (Lipinski definition) is 1. The molecule has 0 aliphatic carbocycles. The lowest BCUT2D eigenvalue weighted by Gasteiger charge is -2.37. The number of nitrogens with zero attached hydrogens (tertiary/aromatic N) is 3. The molecule has 1 atom stereocenters. The predicted molar refractivity (Wildman–Crippen MR) is 74.9 cm³/mol. The maximum atomic E-state index is 8.93. The lowest BCUT2D eigenvalue weighted by atomic mass is 10.00. The van der Waals surface area contributed by atoms with E-state index in [1.54, 1.807) is 0 Å². The summed E-state index contributed by atoms with van der Waals surface area (Å²) in [4.78, 5) is 7.51. The van der Waals surface area contributed by atoms with Crippen molar-refractivity contribution in [3.05, 3.63) is 0 Å². The summed E-state index contributed by atoms with van der Waals surface area (Å²) in [6.45, 7) is 8.29. The Hall–Kier alpha value is -0.160. The van der Waals surface area contributed by atoms with Gasteiger partial charge >= 0.3 is 0 Å². The van der Waals surface area contributed by atoms with E-state index in [-0.39, 0.29) is 0 Å². The monoisotopic (exact) mass is 255 g/mol. The van der Waals surface area contributed by atoms with Crippen molar-refractivity contribution in [1.29, 1.82) is 0 Å². The molecule has 0 saturated carbocycles. The molecule has 2 fully saturated rings. The molecule has 0 spiro atoms. The van der Waals surface area contributed by atoms with Crippen LogP contribution < -0.4 is 0 Å². The Balaban J connectivity index is 1.62. The van der Waals surface area contributed by atoms with Gasteiger partial charge in [-0.3, -0.25) is 4.90 Å². The van der Waals surface area contributed by atoms with Crippen molar-refractivity contribution in [3.8, 4) is 0 Å². The van der Waals surface area contributed by atoms with Crippen molar-refractivity contribution in [2.45, 2.75) is 31.7 Å². The quantitative estimate of drug-likeness (QED) is 0.773. The van der Waals surface area contributed by atoms with E-state index in [1.165, 1.54) is 51.9 Å². The number of piperazine rings is 1. The average Bonchev–Trinajstić information content (AvgIpc) is 2.40. The zero-order valence-corrected chi connectivity index (χ0v) is 11.9. The molecular weight excluding hydrogens is 226 g/mol. The third-order valence-corrected chi connectivity index (χ3v) is 4.58. The van der Waals surface area contributed by atoms with E-state index >= 15 is 0 Å². The second kappa shape index (κ2) is 7.43. The highest BCUT2D eigenvalue weighted by molar-refractivity contribution is 4.78. The van der Waals surface area contributed by atoms with Gasteiger partial charge < -0.3 is 14.9 Å². The van der Waals surface area contributed by atoms with Gasteiger partial charge in [0.2, 0.25) is 0 Å². The van der Waals surface area contributed by atoms with Gasteiger partial charge in [-0.25, -0.2) is 0 Å². The van der Waals surface area contributed by atoms with Gasteiger partial charge in [0.1, 0.15) is 0 Å². The fourth-order valence-electron chi connectivity index (χ4n) is 3.22. The van der Waals surface area contributed by atoms with Crippen LogP contribution in [0.3, 0.4) is 0 Å². The molecule has 18 heavy (non-hydrogen) atoms. The molecule has 0 aromatic carbocycles. The van der Waals surface area contributed by atoms with E-state index in [9.17, 15) is 0 Å². The van der Waals surface area contributed by atoms with Gasteiger partial charge in [0.15, 0.2) is 0 Å². The van der Waals surface area contributed by atoms with Gasteiger partial charge in [0, 0.05) is 38.8 Å². The number of rotatable bonds is 5. The molecule has 2 rings (SSSR count). The average molecular weight is 255 g/mol.